The van der Waals surface area contributed by atoms with E-state index < -0.39 is 0 Å². The van der Waals surface area contributed by atoms with Gasteiger partial charge in [-0.3, -0.25) is 0 Å². The standard InChI is InChI=1S/C10H13N5S.C2H6/c1-2-9-12-7(6-16-9)10-14-13-8-5-11-3-4-15(8)10;1-2/h6,11H,2-5H2,1H3;1-2H3. The van der Waals surface area contributed by atoms with Crippen molar-refractivity contribution < 1.29 is 0 Å². The van der Waals surface area contributed by atoms with Crippen LogP contribution in [0.15, 0.2) is 5.38 Å². The van der Waals surface area contributed by atoms with Crippen molar-refractivity contribution in [2.75, 3.05) is 6.54 Å². The summed E-state index contributed by atoms with van der Waals surface area (Å²) in [4.78, 5) is 4.55. The highest BCUT2D eigenvalue weighted by atomic mass is 32.1. The molecule has 5 nitrogen and oxygen atoms in total. The number of thiazole rings is 1. The topological polar surface area (TPSA) is 55.6 Å². The maximum atomic E-state index is 4.55. The van der Waals surface area contributed by atoms with Gasteiger partial charge in [0.1, 0.15) is 11.5 Å². The Morgan fingerprint density at radius 1 is 1.39 bits per heavy atom. The summed E-state index contributed by atoms with van der Waals surface area (Å²) >= 11 is 1.69. The van der Waals surface area contributed by atoms with Crippen LogP contribution in [0.4, 0.5) is 0 Å². The summed E-state index contributed by atoms with van der Waals surface area (Å²) in [6.45, 7) is 8.82. The smallest absolute Gasteiger partial charge is 0.183 e. The van der Waals surface area contributed by atoms with E-state index >= 15 is 0 Å². The molecule has 3 rings (SSSR count). The Morgan fingerprint density at radius 3 is 2.94 bits per heavy atom. The lowest BCUT2D eigenvalue weighted by molar-refractivity contribution is 0.508. The molecule has 0 aromatic carbocycles. The summed E-state index contributed by atoms with van der Waals surface area (Å²) < 4.78 is 2.16. The molecule has 0 unspecified atom stereocenters. The molecule has 0 amide bonds. The van der Waals surface area contributed by atoms with E-state index in [4.69, 9.17) is 0 Å². The van der Waals surface area contributed by atoms with E-state index in [1.807, 2.05) is 13.8 Å². The summed E-state index contributed by atoms with van der Waals surface area (Å²) in [5, 5.41) is 14.9. The van der Waals surface area contributed by atoms with E-state index in [9.17, 15) is 0 Å². The minimum Gasteiger partial charge on any atom is -0.308 e. The molecule has 0 saturated heterocycles. The van der Waals surface area contributed by atoms with Gasteiger partial charge in [0.05, 0.1) is 11.6 Å². The van der Waals surface area contributed by atoms with Crippen LogP contribution < -0.4 is 5.32 Å². The fraction of sp³-hybridized carbons (Fsp3) is 0.583. The maximum Gasteiger partial charge on any atom is 0.183 e. The molecule has 0 atom stereocenters. The first-order chi connectivity index (χ1) is 8.88. The number of aromatic nitrogens is 4. The SMILES string of the molecule is CC.CCc1nc(-c2nnc3n2CCNC3)cs1. The zero-order valence-corrected chi connectivity index (χ0v) is 11.9. The van der Waals surface area contributed by atoms with E-state index in [0.717, 1.165) is 48.4 Å². The number of hydrogen-bond donors (Lipinski definition) is 1. The molecular formula is C12H19N5S. The minimum absolute atomic E-state index is 0.803. The summed E-state index contributed by atoms with van der Waals surface area (Å²) in [6.07, 6.45) is 0.979. The van der Waals surface area contributed by atoms with Gasteiger partial charge >= 0.3 is 0 Å². The van der Waals surface area contributed by atoms with Crippen molar-refractivity contribution in [1.82, 2.24) is 25.1 Å². The Bertz CT molecular complexity index is 502. The molecule has 1 aliphatic rings. The van der Waals surface area contributed by atoms with Crippen molar-refractivity contribution in [3.8, 4) is 11.5 Å². The molecule has 0 radical (unpaired) electrons. The lowest BCUT2D eigenvalue weighted by Gasteiger charge is -2.15. The fourth-order valence-corrected chi connectivity index (χ4v) is 2.58. The van der Waals surface area contributed by atoms with Crippen LogP contribution in [0.1, 0.15) is 31.6 Å². The molecule has 0 bridgehead atoms. The number of nitrogens with zero attached hydrogens (tertiary/aromatic N) is 4. The monoisotopic (exact) mass is 265 g/mol. The van der Waals surface area contributed by atoms with Gasteiger partial charge in [-0.05, 0) is 6.42 Å². The van der Waals surface area contributed by atoms with Crippen LogP contribution in [0.5, 0.6) is 0 Å². The van der Waals surface area contributed by atoms with Gasteiger partial charge in [-0.15, -0.1) is 21.5 Å². The predicted octanol–water partition coefficient (Wildman–Crippen LogP) is 2.09. The average Bonchev–Trinajstić information content (AvgIpc) is 3.07. The molecule has 0 fully saturated rings. The number of fused-ring (bicyclic) bond motifs is 1. The normalized spacial score (nSPS) is 13.7. The van der Waals surface area contributed by atoms with E-state index in [0.29, 0.717) is 0 Å². The molecule has 2 aromatic heterocycles. The van der Waals surface area contributed by atoms with Gasteiger partial charge in [0.25, 0.3) is 0 Å². The van der Waals surface area contributed by atoms with Gasteiger partial charge < -0.3 is 9.88 Å². The third-order valence-electron chi connectivity index (χ3n) is 2.71. The highest BCUT2D eigenvalue weighted by Crippen LogP contribution is 2.22. The second-order valence-corrected chi connectivity index (χ2v) is 4.69. The van der Waals surface area contributed by atoms with Crippen LogP contribution in [0, 0.1) is 0 Å². The zero-order valence-electron chi connectivity index (χ0n) is 11.1. The summed E-state index contributed by atoms with van der Waals surface area (Å²) in [7, 11) is 0. The lowest BCUT2D eigenvalue weighted by atomic mass is 10.4. The largest absolute Gasteiger partial charge is 0.308 e. The Labute approximate surface area is 111 Å². The number of rotatable bonds is 2. The van der Waals surface area contributed by atoms with Gasteiger partial charge in [-0.1, -0.05) is 20.8 Å². The van der Waals surface area contributed by atoms with Crippen LogP contribution >= 0.6 is 11.3 Å². The second-order valence-electron chi connectivity index (χ2n) is 3.75. The summed E-state index contributed by atoms with van der Waals surface area (Å²) in [5.41, 5.74) is 0.961. The maximum absolute atomic E-state index is 4.55. The van der Waals surface area contributed by atoms with E-state index in [2.05, 4.69) is 37.4 Å². The van der Waals surface area contributed by atoms with Gasteiger partial charge in [0.15, 0.2) is 5.82 Å². The first kappa shape index (κ1) is 13.2. The van der Waals surface area contributed by atoms with E-state index in [-0.39, 0.29) is 0 Å². The van der Waals surface area contributed by atoms with Crippen LogP contribution in [-0.2, 0) is 19.5 Å². The zero-order chi connectivity index (χ0) is 13.0. The molecule has 3 heterocycles. The third-order valence-corrected chi connectivity index (χ3v) is 3.70. The molecule has 0 saturated carbocycles. The second kappa shape index (κ2) is 6.06. The molecule has 0 spiro atoms. The molecule has 98 valence electrons. The Balaban J connectivity index is 0.000000574. The molecule has 1 N–H and O–H groups in total. The first-order valence-electron chi connectivity index (χ1n) is 6.46. The summed E-state index contributed by atoms with van der Waals surface area (Å²) in [6, 6.07) is 0. The van der Waals surface area contributed by atoms with Crippen molar-refractivity contribution >= 4 is 11.3 Å². The fourth-order valence-electron chi connectivity index (χ4n) is 1.86. The van der Waals surface area contributed by atoms with Crippen molar-refractivity contribution in [3.63, 3.8) is 0 Å². The molecule has 2 aromatic rings. The van der Waals surface area contributed by atoms with E-state index in [1.165, 1.54) is 0 Å². The van der Waals surface area contributed by atoms with Crippen molar-refractivity contribution in [2.45, 2.75) is 40.3 Å². The number of hydrogen-bond acceptors (Lipinski definition) is 5. The van der Waals surface area contributed by atoms with Gasteiger partial charge in [-0.2, -0.15) is 0 Å². The number of aryl methyl sites for hydroxylation is 1. The minimum atomic E-state index is 0.803. The Hall–Kier alpha value is -1.27. The van der Waals surface area contributed by atoms with Crippen molar-refractivity contribution in [2.24, 2.45) is 0 Å². The van der Waals surface area contributed by atoms with Gasteiger partial charge in [0.2, 0.25) is 0 Å². The van der Waals surface area contributed by atoms with Crippen LogP contribution in [0.3, 0.4) is 0 Å². The highest BCUT2D eigenvalue weighted by Gasteiger charge is 2.18. The Morgan fingerprint density at radius 2 is 2.22 bits per heavy atom. The predicted molar refractivity (Wildman–Crippen MR) is 73.6 cm³/mol. The molecule has 6 heteroatoms. The van der Waals surface area contributed by atoms with Crippen molar-refractivity contribution in [3.05, 3.63) is 16.2 Å². The van der Waals surface area contributed by atoms with Crippen LogP contribution in [0.2, 0.25) is 0 Å². The molecule has 18 heavy (non-hydrogen) atoms. The van der Waals surface area contributed by atoms with Crippen molar-refractivity contribution in [1.29, 1.82) is 0 Å². The summed E-state index contributed by atoms with van der Waals surface area (Å²) in [5.74, 6) is 1.92. The lowest BCUT2D eigenvalue weighted by Crippen LogP contribution is -2.28. The third kappa shape index (κ3) is 2.44. The first-order valence-corrected chi connectivity index (χ1v) is 7.34. The Kier molecular flexibility index (Phi) is 4.43. The molecular weight excluding hydrogens is 246 g/mol. The van der Waals surface area contributed by atoms with Gasteiger partial charge in [0, 0.05) is 18.5 Å². The highest BCUT2D eigenvalue weighted by molar-refractivity contribution is 7.09. The van der Waals surface area contributed by atoms with Gasteiger partial charge in [-0.25, -0.2) is 4.98 Å². The van der Waals surface area contributed by atoms with Crippen LogP contribution in [0.25, 0.3) is 11.5 Å². The molecule has 0 aliphatic carbocycles. The number of nitrogens with one attached hydrogen (secondary N) is 1. The van der Waals surface area contributed by atoms with E-state index in [1.54, 1.807) is 11.3 Å². The average molecular weight is 265 g/mol. The molecule has 1 aliphatic heterocycles. The van der Waals surface area contributed by atoms with Crippen LogP contribution in [-0.4, -0.2) is 26.3 Å². The quantitative estimate of drug-likeness (QED) is 0.903.